The van der Waals surface area contributed by atoms with Crippen LogP contribution in [0, 0.1) is 17.8 Å². The number of nitrogens with zero attached hydrogens (tertiary/aromatic N) is 3. The van der Waals surface area contributed by atoms with Crippen LogP contribution in [0.15, 0.2) is 91.3 Å². The van der Waals surface area contributed by atoms with Crippen molar-refractivity contribution in [2.45, 2.75) is 31.7 Å². The molecular formula is C40H41ClN6O4. The predicted molar refractivity (Wildman–Crippen MR) is 197 cm³/mol. The molecule has 11 heteroatoms. The largest absolute Gasteiger partial charge is 0.361 e. The monoisotopic (exact) mass is 704 g/mol. The Labute approximate surface area is 301 Å². The number of hydrogen-bond acceptors (Lipinski definition) is 5. The lowest BCUT2D eigenvalue weighted by molar-refractivity contribution is -0.140. The minimum absolute atomic E-state index is 0.0989. The van der Waals surface area contributed by atoms with Crippen LogP contribution in [-0.4, -0.2) is 82.7 Å². The topological polar surface area (TPSA) is 128 Å². The third-order valence-corrected chi connectivity index (χ3v) is 10.7. The van der Waals surface area contributed by atoms with Gasteiger partial charge in [0.25, 0.3) is 5.91 Å². The van der Waals surface area contributed by atoms with E-state index in [4.69, 9.17) is 11.6 Å². The zero-order chi connectivity index (χ0) is 35.5. The maximum atomic E-state index is 14.2. The van der Waals surface area contributed by atoms with Crippen LogP contribution in [0.4, 0.5) is 0 Å². The van der Waals surface area contributed by atoms with Gasteiger partial charge in [0.2, 0.25) is 17.7 Å². The molecule has 0 spiro atoms. The number of likely N-dealkylation sites (tertiary alicyclic amines) is 2. The molecule has 51 heavy (non-hydrogen) atoms. The first-order valence-corrected chi connectivity index (χ1v) is 17.9. The summed E-state index contributed by atoms with van der Waals surface area (Å²) in [5.74, 6) is -1.66. The Morgan fingerprint density at radius 1 is 0.941 bits per heavy atom. The van der Waals surface area contributed by atoms with Crippen molar-refractivity contribution in [3.8, 4) is 0 Å². The third kappa shape index (κ3) is 7.46. The molecule has 7 rings (SSSR count). The first-order valence-electron chi connectivity index (χ1n) is 17.5. The van der Waals surface area contributed by atoms with E-state index in [1.807, 2.05) is 72.9 Å². The highest BCUT2D eigenvalue weighted by Crippen LogP contribution is 2.37. The molecule has 3 unspecified atom stereocenters. The van der Waals surface area contributed by atoms with Gasteiger partial charge in [0, 0.05) is 72.5 Å². The molecule has 5 aromatic rings. The predicted octanol–water partition coefficient (Wildman–Crippen LogP) is 5.01. The van der Waals surface area contributed by atoms with Crippen molar-refractivity contribution in [3.05, 3.63) is 113 Å². The van der Waals surface area contributed by atoms with Crippen molar-refractivity contribution in [3.63, 3.8) is 0 Å². The molecule has 0 radical (unpaired) electrons. The summed E-state index contributed by atoms with van der Waals surface area (Å²) in [5.41, 5.74) is 4.14. The summed E-state index contributed by atoms with van der Waals surface area (Å²) < 4.78 is 0. The van der Waals surface area contributed by atoms with E-state index in [-0.39, 0.29) is 48.4 Å². The minimum atomic E-state index is -0.724. The van der Waals surface area contributed by atoms with Gasteiger partial charge in [0.15, 0.2) is 0 Å². The van der Waals surface area contributed by atoms with Gasteiger partial charge in [-0.15, -0.1) is 0 Å². The van der Waals surface area contributed by atoms with Gasteiger partial charge in [-0.05, 0) is 72.6 Å². The van der Waals surface area contributed by atoms with E-state index in [1.54, 1.807) is 35.2 Å². The Morgan fingerprint density at radius 2 is 1.76 bits per heavy atom. The lowest BCUT2D eigenvalue weighted by atomic mass is 9.79. The van der Waals surface area contributed by atoms with E-state index in [2.05, 4.69) is 20.6 Å². The second kappa shape index (κ2) is 14.9. The molecule has 0 bridgehead atoms. The Kier molecular flexibility index (Phi) is 10.0. The van der Waals surface area contributed by atoms with Crippen LogP contribution >= 0.6 is 11.6 Å². The highest BCUT2D eigenvalue weighted by atomic mass is 35.5. The van der Waals surface area contributed by atoms with Crippen molar-refractivity contribution in [2.75, 3.05) is 33.2 Å². The molecule has 2 saturated heterocycles. The van der Waals surface area contributed by atoms with Crippen molar-refractivity contribution in [1.29, 1.82) is 0 Å². The van der Waals surface area contributed by atoms with Crippen molar-refractivity contribution >= 4 is 57.0 Å². The number of aromatic nitrogens is 2. The number of H-pyrrole nitrogens is 1. The fourth-order valence-electron chi connectivity index (χ4n) is 7.76. The van der Waals surface area contributed by atoms with Crippen LogP contribution in [0.2, 0.25) is 5.02 Å². The number of pyridine rings is 1. The van der Waals surface area contributed by atoms with E-state index >= 15 is 0 Å². The normalized spacial score (nSPS) is 19.1. The number of piperidine rings is 1. The van der Waals surface area contributed by atoms with Crippen molar-refractivity contribution in [1.82, 2.24) is 30.4 Å². The molecule has 0 aliphatic carbocycles. The molecular weight excluding hydrogens is 664 g/mol. The molecule has 3 aromatic carbocycles. The summed E-state index contributed by atoms with van der Waals surface area (Å²) in [6.45, 7) is 1.43. The van der Waals surface area contributed by atoms with Crippen molar-refractivity contribution < 1.29 is 19.2 Å². The molecule has 4 atom stereocenters. The molecule has 0 saturated carbocycles. The van der Waals surface area contributed by atoms with Gasteiger partial charge in [0.05, 0.1) is 17.9 Å². The Hall–Kier alpha value is -5.22. The lowest BCUT2D eigenvalue weighted by Gasteiger charge is -2.40. The standard InChI is InChI=1S/C40H41ClN6O4/c1-42-39(50)34(11-5-9-25-7-3-2-4-8-25)45-38(49)33-24-46(37(48)18-28-20-44-36-19-30(41)14-15-31(28)36)21-29-22-47(23-32(29)33)40(51)27-13-12-26-10-6-16-43-35(26)17-27/h2-4,6-8,10,12-17,19-20,29,32-34,44H,5,9,11,18,21-24H2,1H3,(H,42,50)(H,45,49)/t29?,32?,33?,34-/m0/s1. The Bertz CT molecular complexity index is 2080. The minimum Gasteiger partial charge on any atom is -0.361 e. The highest BCUT2D eigenvalue weighted by molar-refractivity contribution is 6.31. The number of likely N-dealkylation sites (N-methyl/N-ethyl adjacent to an activating group) is 1. The Morgan fingerprint density at radius 3 is 2.59 bits per heavy atom. The molecule has 2 aliphatic rings. The van der Waals surface area contributed by atoms with Crippen LogP contribution in [0.3, 0.4) is 0 Å². The number of nitrogens with one attached hydrogen (secondary N) is 3. The highest BCUT2D eigenvalue weighted by Gasteiger charge is 2.48. The zero-order valence-corrected chi connectivity index (χ0v) is 29.2. The maximum Gasteiger partial charge on any atom is 0.253 e. The maximum absolute atomic E-state index is 14.2. The number of carbonyl (C=O) groups is 4. The average molecular weight is 705 g/mol. The smallest absolute Gasteiger partial charge is 0.253 e. The SMILES string of the molecule is CNC(=O)[C@H](CCCc1ccccc1)NC(=O)C1CN(C(=O)Cc2c[nH]c3cc(Cl)ccc23)CC2CN(C(=O)c3ccc4cccnc4c3)CC21. The summed E-state index contributed by atoms with van der Waals surface area (Å²) in [6.07, 6.45) is 5.64. The summed E-state index contributed by atoms with van der Waals surface area (Å²) in [6, 6.07) is 24.2. The van der Waals surface area contributed by atoms with Gasteiger partial charge in [-0.1, -0.05) is 60.1 Å². The number of fused-ring (bicyclic) bond motifs is 3. The number of rotatable bonds is 10. The second-order valence-corrected chi connectivity index (χ2v) is 14.1. The molecule has 2 fully saturated rings. The average Bonchev–Trinajstić information content (AvgIpc) is 3.77. The molecule has 262 valence electrons. The summed E-state index contributed by atoms with van der Waals surface area (Å²) in [7, 11) is 1.57. The van der Waals surface area contributed by atoms with Crippen LogP contribution in [0.1, 0.15) is 34.3 Å². The quantitative estimate of drug-likeness (QED) is 0.188. The van der Waals surface area contributed by atoms with E-state index in [0.717, 1.165) is 33.8 Å². The number of benzene rings is 3. The first kappa shape index (κ1) is 34.2. The van der Waals surface area contributed by atoms with Crippen molar-refractivity contribution in [2.24, 2.45) is 17.8 Å². The number of carbonyl (C=O) groups excluding carboxylic acids is 4. The number of amides is 4. The number of hydrogen-bond donors (Lipinski definition) is 3. The fraction of sp³-hybridized carbons (Fsp3) is 0.325. The number of halogens is 1. The van der Waals surface area contributed by atoms with Gasteiger partial charge in [-0.25, -0.2) is 0 Å². The molecule has 2 aliphatic heterocycles. The summed E-state index contributed by atoms with van der Waals surface area (Å²) in [5, 5.41) is 8.22. The molecule has 4 heterocycles. The molecule has 10 nitrogen and oxygen atoms in total. The van der Waals surface area contributed by atoms with Crippen LogP contribution < -0.4 is 10.6 Å². The zero-order valence-electron chi connectivity index (χ0n) is 28.5. The van der Waals surface area contributed by atoms with Gasteiger partial charge in [-0.2, -0.15) is 0 Å². The Balaban J connectivity index is 1.11. The fourth-order valence-corrected chi connectivity index (χ4v) is 7.93. The van der Waals surface area contributed by atoms with E-state index in [0.29, 0.717) is 43.1 Å². The van der Waals surface area contributed by atoms with Gasteiger partial charge in [-0.3, -0.25) is 24.2 Å². The number of aromatic amines is 1. The molecule has 3 N–H and O–H groups in total. The van der Waals surface area contributed by atoms with E-state index in [1.165, 1.54) is 5.56 Å². The molecule has 2 aromatic heterocycles. The second-order valence-electron chi connectivity index (χ2n) is 13.7. The molecule has 4 amide bonds. The number of aryl methyl sites for hydroxylation is 1. The van der Waals surface area contributed by atoms with Gasteiger partial charge < -0.3 is 25.4 Å². The lowest BCUT2D eigenvalue weighted by Crippen LogP contribution is -2.56. The summed E-state index contributed by atoms with van der Waals surface area (Å²) >= 11 is 6.18. The first-order chi connectivity index (χ1) is 24.8. The van der Waals surface area contributed by atoms with Crippen LogP contribution in [0.25, 0.3) is 21.8 Å². The van der Waals surface area contributed by atoms with Gasteiger partial charge >= 0.3 is 0 Å². The van der Waals surface area contributed by atoms with Crippen LogP contribution in [-0.2, 0) is 27.2 Å². The van der Waals surface area contributed by atoms with E-state index < -0.39 is 12.0 Å². The van der Waals surface area contributed by atoms with E-state index in [9.17, 15) is 19.2 Å². The van der Waals surface area contributed by atoms with Crippen LogP contribution in [0.5, 0.6) is 0 Å². The third-order valence-electron chi connectivity index (χ3n) is 10.5. The van der Waals surface area contributed by atoms with Gasteiger partial charge in [0.1, 0.15) is 6.04 Å². The summed E-state index contributed by atoms with van der Waals surface area (Å²) in [4.78, 5) is 66.3.